The monoisotopic (exact) mass is 360 g/mol. The largest absolute Gasteiger partial charge is 0.449 e. The van der Waals surface area contributed by atoms with Crippen molar-refractivity contribution < 1.29 is 13.9 Å². The fraction of sp³-hybridized carbons (Fsp3) is 0.150. The van der Waals surface area contributed by atoms with E-state index in [1.807, 2.05) is 31.2 Å². The minimum atomic E-state index is -0.679. The lowest BCUT2D eigenvalue weighted by Crippen LogP contribution is -2.09. The number of ether oxygens (including phenoxy) is 1. The quantitative estimate of drug-likeness (QED) is 0.510. The third-order valence-electron chi connectivity index (χ3n) is 4.08. The van der Waals surface area contributed by atoms with Crippen molar-refractivity contribution in [3.63, 3.8) is 0 Å². The molecule has 1 atom stereocenters. The summed E-state index contributed by atoms with van der Waals surface area (Å²) in [6.07, 6.45) is 2.50. The van der Waals surface area contributed by atoms with Gasteiger partial charge >= 0.3 is 5.97 Å². The van der Waals surface area contributed by atoms with Crippen LogP contribution >= 0.6 is 0 Å². The molecule has 7 heteroatoms. The first-order valence-electron chi connectivity index (χ1n) is 8.42. The standard InChI is InChI=1S/C20H16N4O3/c1-12-3-5-14(6-4-12)19-24-23-18(27-19)13(2)26-20(25)15-7-8-16-17(11-15)22-10-9-21-16/h3-11,13H,1-2H3/t13-/m1/s1. The Hall–Kier alpha value is -3.61. The van der Waals surface area contributed by atoms with Gasteiger partial charge in [0.2, 0.25) is 5.89 Å². The predicted molar refractivity (Wildman–Crippen MR) is 97.8 cm³/mol. The van der Waals surface area contributed by atoms with Crippen LogP contribution in [0.15, 0.2) is 59.3 Å². The van der Waals surface area contributed by atoms with E-state index in [-0.39, 0.29) is 5.89 Å². The highest BCUT2D eigenvalue weighted by Crippen LogP contribution is 2.23. The van der Waals surface area contributed by atoms with E-state index in [9.17, 15) is 4.79 Å². The average molecular weight is 360 g/mol. The van der Waals surface area contributed by atoms with E-state index in [4.69, 9.17) is 9.15 Å². The SMILES string of the molecule is Cc1ccc(-c2nnc([C@@H](C)OC(=O)c3ccc4nccnc4c3)o2)cc1. The zero-order valence-electron chi connectivity index (χ0n) is 14.8. The first-order chi connectivity index (χ1) is 13.1. The molecule has 0 aliphatic rings. The average Bonchev–Trinajstić information content (AvgIpc) is 3.18. The zero-order valence-corrected chi connectivity index (χ0v) is 14.8. The normalized spacial score (nSPS) is 12.1. The van der Waals surface area contributed by atoms with E-state index in [0.29, 0.717) is 22.5 Å². The summed E-state index contributed by atoms with van der Waals surface area (Å²) in [5.74, 6) is 0.124. The molecule has 0 radical (unpaired) electrons. The second-order valence-electron chi connectivity index (χ2n) is 6.12. The Kier molecular flexibility index (Phi) is 4.33. The number of esters is 1. The molecule has 2 heterocycles. The maximum absolute atomic E-state index is 12.4. The number of rotatable bonds is 4. The zero-order chi connectivity index (χ0) is 18.8. The Balaban J connectivity index is 1.50. The summed E-state index contributed by atoms with van der Waals surface area (Å²) in [6.45, 7) is 3.69. The van der Waals surface area contributed by atoms with Crippen LogP contribution < -0.4 is 0 Å². The van der Waals surface area contributed by atoms with Gasteiger partial charge in [-0.3, -0.25) is 9.97 Å². The number of hydrogen-bond donors (Lipinski definition) is 0. The highest BCUT2D eigenvalue weighted by atomic mass is 16.6. The fourth-order valence-electron chi connectivity index (χ4n) is 2.58. The number of hydrogen-bond acceptors (Lipinski definition) is 7. The van der Waals surface area contributed by atoms with Crippen molar-refractivity contribution in [2.45, 2.75) is 20.0 Å². The number of carbonyl (C=O) groups is 1. The van der Waals surface area contributed by atoms with Gasteiger partial charge in [-0.15, -0.1) is 10.2 Å². The fourth-order valence-corrected chi connectivity index (χ4v) is 2.58. The van der Waals surface area contributed by atoms with Crippen LogP contribution in [0.5, 0.6) is 0 Å². The summed E-state index contributed by atoms with van der Waals surface area (Å²) in [5.41, 5.74) is 3.67. The van der Waals surface area contributed by atoms with Crippen molar-refractivity contribution in [3.05, 3.63) is 71.9 Å². The lowest BCUT2D eigenvalue weighted by Gasteiger charge is -2.09. The number of fused-ring (bicyclic) bond motifs is 1. The lowest BCUT2D eigenvalue weighted by molar-refractivity contribution is 0.0280. The Morgan fingerprint density at radius 1 is 1.00 bits per heavy atom. The summed E-state index contributed by atoms with van der Waals surface area (Å²) < 4.78 is 11.1. The van der Waals surface area contributed by atoms with Gasteiger partial charge in [0.1, 0.15) is 0 Å². The lowest BCUT2D eigenvalue weighted by atomic mass is 10.1. The van der Waals surface area contributed by atoms with Gasteiger partial charge in [-0.2, -0.15) is 0 Å². The van der Waals surface area contributed by atoms with Gasteiger partial charge in [-0.05, 0) is 44.2 Å². The second-order valence-corrected chi connectivity index (χ2v) is 6.12. The molecule has 0 unspecified atom stereocenters. The van der Waals surface area contributed by atoms with Gasteiger partial charge in [-0.25, -0.2) is 4.79 Å². The van der Waals surface area contributed by atoms with Crippen molar-refractivity contribution >= 4 is 17.0 Å². The summed E-state index contributed by atoms with van der Waals surface area (Å²) in [7, 11) is 0. The molecule has 0 saturated heterocycles. The van der Waals surface area contributed by atoms with Gasteiger partial charge < -0.3 is 9.15 Å². The number of carbonyl (C=O) groups excluding carboxylic acids is 1. The molecule has 0 bridgehead atoms. The molecule has 0 fully saturated rings. The molecule has 4 rings (SSSR count). The van der Waals surface area contributed by atoms with Crippen molar-refractivity contribution in [2.24, 2.45) is 0 Å². The van der Waals surface area contributed by atoms with Crippen molar-refractivity contribution in [3.8, 4) is 11.5 Å². The molecular formula is C20H16N4O3. The van der Waals surface area contributed by atoms with E-state index in [1.165, 1.54) is 0 Å². The molecule has 2 aromatic heterocycles. The van der Waals surface area contributed by atoms with Crippen LogP contribution in [0.25, 0.3) is 22.5 Å². The molecule has 27 heavy (non-hydrogen) atoms. The third-order valence-corrected chi connectivity index (χ3v) is 4.08. The number of nitrogens with zero attached hydrogens (tertiary/aromatic N) is 4. The molecule has 4 aromatic rings. The Morgan fingerprint density at radius 2 is 1.74 bits per heavy atom. The van der Waals surface area contributed by atoms with Crippen LogP contribution in [-0.4, -0.2) is 26.1 Å². The molecule has 2 aromatic carbocycles. The topological polar surface area (TPSA) is 91.0 Å². The summed E-state index contributed by atoms with van der Waals surface area (Å²) >= 11 is 0. The Bertz CT molecular complexity index is 1110. The maximum Gasteiger partial charge on any atom is 0.338 e. The van der Waals surface area contributed by atoms with Crippen LogP contribution in [0.3, 0.4) is 0 Å². The summed E-state index contributed by atoms with van der Waals surface area (Å²) in [5, 5.41) is 8.03. The van der Waals surface area contributed by atoms with E-state index in [2.05, 4.69) is 20.2 Å². The molecule has 0 spiro atoms. The predicted octanol–water partition coefficient (Wildman–Crippen LogP) is 3.91. The smallest absolute Gasteiger partial charge is 0.338 e. The number of benzene rings is 2. The van der Waals surface area contributed by atoms with Crippen LogP contribution in [0.4, 0.5) is 0 Å². The van der Waals surface area contributed by atoms with Gasteiger partial charge in [0, 0.05) is 18.0 Å². The van der Waals surface area contributed by atoms with Gasteiger partial charge in [0.15, 0.2) is 6.10 Å². The van der Waals surface area contributed by atoms with Gasteiger partial charge in [-0.1, -0.05) is 17.7 Å². The van der Waals surface area contributed by atoms with E-state index < -0.39 is 12.1 Å². The van der Waals surface area contributed by atoms with Crippen LogP contribution in [0.1, 0.15) is 34.8 Å². The second kappa shape index (κ2) is 6.95. The number of aryl methyl sites for hydroxylation is 1. The molecule has 134 valence electrons. The molecular weight excluding hydrogens is 344 g/mol. The summed E-state index contributed by atoms with van der Waals surface area (Å²) in [6, 6.07) is 12.8. The molecule has 0 N–H and O–H groups in total. The van der Waals surface area contributed by atoms with Crippen LogP contribution in [-0.2, 0) is 4.74 Å². The highest BCUT2D eigenvalue weighted by Gasteiger charge is 2.20. The maximum atomic E-state index is 12.4. The minimum absolute atomic E-state index is 0.236. The van der Waals surface area contributed by atoms with E-state index in [0.717, 1.165) is 11.1 Å². The molecule has 0 aliphatic heterocycles. The van der Waals surface area contributed by atoms with Crippen LogP contribution in [0, 0.1) is 6.92 Å². The van der Waals surface area contributed by atoms with E-state index >= 15 is 0 Å². The van der Waals surface area contributed by atoms with Gasteiger partial charge in [0.25, 0.3) is 5.89 Å². The Labute approximate surface area is 155 Å². The van der Waals surface area contributed by atoms with Gasteiger partial charge in [0.05, 0.1) is 16.6 Å². The van der Waals surface area contributed by atoms with Crippen molar-refractivity contribution in [1.82, 2.24) is 20.2 Å². The molecule has 0 saturated carbocycles. The third kappa shape index (κ3) is 3.52. The number of aromatic nitrogens is 4. The molecule has 0 aliphatic carbocycles. The summed E-state index contributed by atoms with van der Waals surface area (Å²) in [4.78, 5) is 20.8. The molecule has 7 nitrogen and oxygen atoms in total. The highest BCUT2D eigenvalue weighted by molar-refractivity contribution is 5.93. The van der Waals surface area contributed by atoms with Crippen LogP contribution in [0.2, 0.25) is 0 Å². The van der Waals surface area contributed by atoms with Crippen molar-refractivity contribution in [2.75, 3.05) is 0 Å². The molecule has 0 amide bonds. The van der Waals surface area contributed by atoms with E-state index in [1.54, 1.807) is 37.5 Å². The minimum Gasteiger partial charge on any atom is -0.449 e. The first kappa shape index (κ1) is 16.8. The van der Waals surface area contributed by atoms with Crippen molar-refractivity contribution in [1.29, 1.82) is 0 Å². The first-order valence-corrected chi connectivity index (χ1v) is 8.42. The Morgan fingerprint density at radius 3 is 2.52 bits per heavy atom.